The second-order valence-electron chi connectivity index (χ2n) is 5.34. The van der Waals surface area contributed by atoms with E-state index in [9.17, 15) is 14.4 Å². The summed E-state index contributed by atoms with van der Waals surface area (Å²) in [5.74, 6) is -0.639. The van der Waals surface area contributed by atoms with E-state index in [0.29, 0.717) is 5.56 Å². The third-order valence-electron chi connectivity index (χ3n) is 3.46. The summed E-state index contributed by atoms with van der Waals surface area (Å²) in [5, 5.41) is 1.88. The zero-order valence-corrected chi connectivity index (χ0v) is 14.1. The van der Waals surface area contributed by atoms with E-state index in [1.807, 2.05) is 17.4 Å². The number of ether oxygens (including phenoxy) is 2. The molecule has 2 rings (SSSR count). The Labute approximate surface area is 144 Å². The molecule has 0 aromatic heterocycles. The molecule has 0 saturated carbocycles. The van der Waals surface area contributed by atoms with Crippen LogP contribution < -0.4 is 11.1 Å². The SMILES string of the molecule is C[C@@H](OC(=O)c1ccccc1SC[C@@H]1CCCO1)C(=O)NC(N)=O. The van der Waals surface area contributed by atoms with Gasteiger partial charge in [-0.15, -0.1) is 11.8 Å². The molecule has 24 heavy (non-hydrogen) atoms. The lowest BCUT2D eigenvalue weighted by Crippen LogP contribution is -2.42. The molecule has 7 nitrogen and oxygen atoms in total. The molecular weight excluding hydrogens is 332 g/mol. The molecule has 0 bridgehead atoms. The first-order chi connectivity index (χ1) is 11.5. The summed E-state index contributed by atoms with van der Waals surface area (Å²) >= 11 is 1.52. The Kier molecular flexibility index (Phi) is 6.62. The van der Waals surface area contributed by atoms with Gasteiger partial charge in [0, 0.05) is 17.3 Å². The van der Waals surface area contributed by atoms with Crippen molar-refractivity contribution < 1.29 is 23.9 Å². The Morgan fingerprint density at radius 2 is 2.17 bits per heavy atom. The van der Waals surface area contributed by atoms with Crippen molar-refractivity contribution in [2.45, 2.75) is 36.9 Å². The number of nitrogens with one attached hydrogen (secondary N) is 1. The monoisotopic (exact) mass is 352 g/mol. The Morgan fingerprint density at radius 3 is 2.83 bits per heavy atom. The van der Waals surface area contributed by atoms with Gasteiger partial charge >= 0.3 is 12.0 Å². The van der Waals surface area contributed by atoms with Crippen LogP contribution in [0.1, 0.15) is 30.1 Å². The van der Waals surface area contributed by atoms with Gasteiger partial charge < -0.3 is 15.2 Å². The van der Waals surface area contributed by atoms with Crippen molar-refractivity contribution >= 4 is 29.7 Å². The van der Waals surface area contributed by atoms with Crippen LogP contribution in [0.3, 0.4) is 0 Å². The topological polar surface area (TPSA) is 108 Å². The average molecular weight is 352 g/mol. The number of carbonyl (C=O) groups excluding carboxylic acids is 3. The van der Waals surface area contributed by atoms with Crippen LogP contribution in [0.2, 0.25) is 0 Å². The highest BCUT2D eigenvalue weighted by atomic mass is 32.2. The molecule has 1 aromatic rings. The highest BCUT2D eigenvalue weighted by molar-refractivity contribution is 7.99. The lowest BCUT2D eigenvalue weighted by atomic mass is 10.2. The largest absolute Gasteiger partial charge is 0.449 e. The van der Waals surface area contributed by atoms with Crippen LogP contribution in [-0.2, 0) is 14.3 Å². The van der Waals surface area contributed by atoms with Crippen molar-refractivity contribution in [2.75, 3.05) is 12.4 Å². The zero-order chi connectivity index (χ0) is 17.5. The van der Waals surface area contributed by atoms with Crippen LogP contribution in [0.25, 0.3) is 0 Å². The van der Waals surface area contributed by atoms with Gasteiger partial charge in [-0.05, 0) is 31.9 Å². The molecule has 3 amide bonds. The van der Waals surface area contributed by atoms with Crippen LogP contribution >= 0.6 is 11.8 Å². The molecule has 8 heteroatoms. The number of benzene rings is 1. The maximum absolute atomic E-state index is 12.3. The van der Waals surface area contributed by atoms with Crippen molar-refractivity contribution in [3.63, 3.8) is 0 Å². The summed E-state index contributed by atoms with van der Waals surface area (Å²) in [7, 11) is 0. The van der Waals surface area contributed by atoms with Crippen molar-refractivity contribution in [1.29, 1.82) is 0 Å². The van der Waals surface area contributed by atoms with Gasteiger partial charge in [0.05, 0.1) is 11.7 Å². The van der Waals surface area contributed by atoms with Gasteiger partial charge in [0.25, 0.3) is 5.91 Å². The van der Waals surface area contributed by atoms with E-state index in [0.717, 1.165) is 30.1 Å². The number of hydrogen-bond acceptors (Lipinski definition) is 6. The van der Waals surface area contributed by atoms with Gasteiger partial charge in [-0.3, -0.25) is 10.1 Å². The lowest BCUT2D eigenvalue weighted by Gasteiger charge is -2.14. The fraction of sp³-hybridized carbons (Fsp3) is 0.438. The molecule has 1 saturated heterocycles. The predicted octanol–water partition coefficient (Wildman–Crippen LogP) is 1.70. The molecule has 0 spiro atoms. The van der Waals surface area contributed by atoms with Crippen molar-refractivity contribution in [1.82, 2.24) is 5.32 Å². The summed E-state index contributed by atoms with van der Waals surface area (Å²) in [6.07, 6.45) is 1.14. The molecule has 2 atom stereocenters. The van der Waals surface area contributed by atoms with E-state index >= 15 is 0 Å². The number of hydrogen-bond donors (Lipinski definition) is 2. The third-order valence-corrected chi connectivity index (χ3v) is 4.66. The van der Waals surface area contributed by atoms with Gasteiger partial charge in [-0.1, -0.05) is 12.1 Å². The number of imide groups is 1. The Bertz CT molecular complexity index is 616. The van der Waals surface area contributed by atoms with Crippen LogP contribution in [0.4, 0.5) is 4.79 Å². The fourth-order valence-corrected chi connectivity index (χ4v) is 3.33. The molecule has 130 valence electrons. The second-order valence-corrected chi connectivity index (χ2v) is 6.41. The summed E-state index contributed by atoms with van der Waals surface area (Å²) in [5.41, 5.74) is 5.24. The first-order valence-corrected chi connectivity index (χ1v) is 8.60. The molecule has 0 unspecified atom stereocenters. The molecule has 0 aliphatic carbocycles. The summed E-state index contributed by atoms with van der Waals surface area (Å²) in [4.78, 5) is 35.3. The summed E-state index contributed by atoms with van der Waals surface area (Å²) in [6, 6.07) is 6.03. The minimum atomic E-state index is -1.12. The lowest BCUT2D eigenvalue weighted by molar-refractivity contribution is -0.127. The summed E-state index contributed by atoms with van der Waals surface area (Å²) in [6.45, 7) is 2.15. The molecule has 1 aliphatic heterocycles. The first-order valence-electron chi connectivity index (χ1n) is 7.62. The number of nitrogens with two attached hydrogens (primary N) is 1. The fourth-order valence-electron chi connectivity index (χ4n) is 2.22. The average Bonchev–Trinajstić information content (AvgIpc) is 3.05. The van der Waals surface area contributed by atoms with Gasteiger partial charge in [0.2, 0.25) is 0 Å². The molecule has 1 heterocycles. The Hall–Kier alpha value is -2.06. The van der Waals surface area contributed by atoms with E-state index in [-0.39, 0.29) is 6.10 Å². The zero-order valence-electron chi connectivity index (χ0n) is 13.3. The maximum atomic E-state index is 12.3. The van der Waals surface area contributed by atoms with Crippen molar-refractivity contribution in [3.8, 4) is 0 Å². The third kappa shape index (κ3) is 5.24. The van der Waals surface area contributed by atoms with Crippen LogP contribution in [0.15, 0.2) is 29.2 Å². The number of rotatable bonds is 6. The number of amides is 3. The number of carbonyl (C=O) groups is 3. The van der Waals surface area contributed by atoms with Crippen LogP contribution in [-0.4, -0.2) is 42.5 Å². The minimum absolute atomic E-state index is 0.194. The molecule has 0 radical (unpaired) electrons. The van der Waals surface area contributed by atoms with Gasteiger partial charge in [0.1, 0.15) is 0 Å². The van der Waals surface area contributed by atoms with Gasteiger partial charge in [-0.25, -0.2) is 9.59 Å². The van der Waals surface area contributed by atoms with Crippen LogP contribution in [0.5, 0.6) is 0 Å². The number of primary amides is 1. The molecule has 1 aromatic carbocycles. The Balaban J connectivity index is 1.98. The quantitative estimate of drug-likeness (QED) is 0.596. The Morgan fingerprint density at radius 1 is 1.42 bits per heavy atom. The molecule has 1 fully saturated rings. The minimum Gasteiger partial charge on any atom is -0.449 e. The van der Waals surface area contributed by atoms with E-state index in [2.05, 4.69) is 0 Å². The van der Waals surface area contributed by atoms with E-state index in [1.165, 1.54) is 18.7 Å². The number of esters is 1. The number of thioether (sulfide) groups is 1. The van der Waals surface area contributed by atoms with E-state index < -0.39 is 24.0 Å². The smallest absolute Gasteiger partial charge is 0.340 e. The molecular formula is C16H20N2O5S. The number of urea groups is 1. The normalized spacial score (nSPS) is 18.0. The highest BCUT2D eigenvalue weighted by Crippen LogP contribution is 2.27. The van der Waals surface area contributed by atoms with E-state index in [4.69, 9.17) is 15.2 Å². The molecule has 3 N–H and O–H groups in total. The maximum Gasteiger partial charge on any atom is 0.340 e. The van der Waals surface area contributed by atoms with Crippen LogP contribution in [0, 0.1) is 0 Å². The molecule has 1 aliphatic rings. The van der Waals surface area contributed by atoms with Crippen molar-refractivity contribution in [3.05, 3.63) is 29.8 Å². The van der Waals surface area contributed by atoms with Gasteiger partial charge in [0.15, 0.2) is 6.10 Å². The predicted molar refractivity (Wildman–Crippen MR) is 88.7 cm³/mol. The van der Waals surface area contributed by atoms with Crippen molar-refractivity contribution in [2.24, 2.45) is 5.73 Å². The van der Waals surface area contributed by atoms with E-state index in [1.54, 1.807) is 12.1 Å². The first kappa shape index (κ1) is 18.3. The summed E-state index contributed by atoms with van der Waals surface area (Å²) < 4.78 is 10.7. The standard InChI is InChI=1S/C16H20N2O5S/c1-10(14(19)18-16(17)21)23-15(20)12-6-2-3-7-13(12)24-9-11-5-4-8-22-11/h2-3,6-7,10-11H,4-5,8-9H2,1H3,(H3,17,18,19,21)/t10-,11+/m1/s1. The highest BCUT2D eigenvalue weighted by Gasteiger charge is 2.22. The van der Waals surface area contributed by atoms with Gasteiger partial charge in [-0.2, -0.15) is 0 Å². The second kappa shape index (κ2) is 8.70.